The minimum atomic E-state index is -0.512. The third kappa shape index (κ3) is 5.05. The third-order valence-electron chi connectivity index (χ3n) is 3.92. The number of nitro benzene ring substituents is 1. The van der Waals surface area contributed by atoms with Gasteiger partial charge in [0.15, 0.2) is 0 Å². The minimum Gasteiger partial charge on any atom is -0.352 e. The van der Waals surface area contributed by atoms with Crippen molar-refractivity contribution in [2.45, 2.75) is 32.1 Å². The smallest absolute Gasteiger partial charge is 0.269 e. The van der Waals surface area contributed by atoms with E-state index in [0.717, 1.165) is 25.9 Å². The zero-order valence-corrected chi connectivity index (χ0v) is 13.0. The molecular formula is C16H21N3O4. The van der Waals surface area contributed by atoms with Crippen LogP contribution in [0.2, 0.25) is 0 Å². The Balaban J connectivity index is 1.77. The molecule has 1 aliphatic heterocycles. The molecule has 0 aliphatic carbocycles. The molecule has 1 fully saturated rings. The van der Waals surface area contributed by atoms with E-state index in [1.807, 2.05) is 4.90 Å². The van der Waals surface area contributed by atoms with Crippen molar-refractivity contribution in [3.8, 4) is 0 Å². The highest BCUT2D eigenvalue weighted by molar-refractivity contribution is 5.94. The fourth-order valence-corrected chi connectivity index (χ4v) is 2.60. The summed E-state index contributed by atoms with van der Waals surface area (Å²) < 4.78 is 0. The molecular weight excluding hydrogens is 298 g/mol. The molecule has 2 rings (SSSR count). The first-order valence-electron chi connectivity index (χ1n) is 7.88. The quantitative estimate of drug-likeness (QED) is 0.664. The van der Waals surface area contributed by atoms with Gasteiger partial charge >= 0.3 is 0 Å². The lowest BCUT2D eigenvalue weighted by atomic mass is 10.2. The van der Waals surface area contributed by atoms with Gasteiger partial charge < -0.3 is 10.2 Å². The molecule has 0 atom stereocenters. The van der Waals surface area contributed by atoms with Crippen molar-refractivity contribution >= 4 is 17.5 Å². The van der Waals surface area contributed by atoms with E-state index in [9.17, 15) is 19.7 Å². The average molecular weight is 319 g/mol. The van der Waals surface area contributed by atoms with Crippen molar-refractivity contribution in [1.29, 1.82) is 0 Å². The van der Waals surface area contributed by atoms with Crippen molar-refractivity contribution < 1.29 is 14.5 Å². The van der Waals surface area contributed by atoms with Gasteiger partial charge in [-0.3, -0.25) is 19.7 Å². The second-order valence-corrected chi connectivity index (χ2v) is 5.60. The Hall–Kier alpha value is -2.44. The Morgan fingerprint density at radius 3 is 2.26 bits per heavy atom. The number of nitrogens with zero attached hydrogens (tertiary/aromatic N) is 2. The fourth-order valence-electron chi connectivity index (χ4n) is 2.60. The predicted molar refractivity (Wildman–Crippen MR) is 85.1 cm³/mol. The molecule has 124 valence electrons. The number of likely N-dealkylation sites (tertiary alicyclic amines) is 1. The molecule has 1 N–H and O–H groups in total. The second kappa shape index (κ2) is 8.26. The van der Waals surface area contributed by atoms with Crippen molar-refractivity contribution in [1.82, 2.24) is 10.2 Å². The van der Waals surface area contributed by atoms with Crippen molar-refractivity contribution in [2.75, 3.05) is 19.6 Å². The molecule has 0 aromatic heterocycles. The van der Waals surface area contributed by atoms with Gasteiger partial charge in [0.2, 0.25) is 5.91 Å². The fraction of sp³-hybridized carbons (Fsp3) is 0.500. The standard InChI is InChI=1S/C16H21N3O4/c20-15(18-11-3-1-2-4-12-18)9-10-17-16(21)13-5-7-14(8-6-13)19(22)23/h5-8H,1-4,9-12H2,(H,17,21). The summed E-state index contributed by atoms with van der Waals surface area (Å²) in [5, 5.41) is 13.2. The van der Waals surface area contributed by atoms with E-state index in [2.05, 4.69) is 5.32 Å². The van der Waals surface area contributed by atoms with Gasteiger partial charge in [0.05, 0.1) is 4.92 Å². The molecule has 0 unspecified atom stereocenters. The maximum Gasteiger partial charge on any atom is 0.269 e. The number of benzene rings is 1. The monoisotopic (exact) mass is 319 g/mol. The summed E-state index contributed by atoms with van der Waals surface area (Å²) >= 11 is 0. The number of non-ortho nitro benzene ring substituents is 1. The van der Waals surface area contributed by atoms with Crippen LogP contribution >= 0.6 is 0 Å². The number of rotatable bonds is 5. The van der Waals surface area contributed by atoms with Crippen molar-refractivity contribution in [2.24, 2.45) is 0 Å². The van der Waals surface area contributed by atoms with E-state index in [1.165, 1.54) is 37.1 Å². The Labute approximate surface area is 134 Å². The molecule has 0 radical (unpaired) electrons. The van der Waals surface area contributed by atoms with Gasteiger partial charge in [-0.05, 0) is 25.0 Å². The third-order valence-corrected chi connectivity index (χ3v) is 3.92. The number of nitro groups is 1. The highest BCUT2D eigenvalue weighted by atomic mass is 16.6. The Kier molecular flexibility index (Phi) is 6.08. The van der Waals surface area contributed by atoms with Crippen LogP contribution in [0.15, 0.2) is 24.3 Å². The van der Waals surface area contributed by atoms with Crippen LogP contribution in [0.3, 0.4) is 0 Å². The molecule has 7 nitrogen and oxygen atoms in total. The zero-order valence-electron chi connectivity index (χ0n) is 13.0. The normalized spacial score (nSPS) is 14.9. The second-order valence-electron chi connectivity index (χ2n) is 5.60. The number of hydrogen-bond acceptors (Lipinski definition) is 4. The molecule has 0 saturated carbocycles. The van der Waals surface area contributed by atoms with Crippen LogP contribution in [0.1, 0.15) is 42.5 Å². The topological polar surface area (TPSA) is 92.6 Å². The summed E-state index contributed by atoms with van der Waals surface area (Å²) in [6.45, 7) is 1.87. The van der Waals surface area contributed by atoms with E-state index in [-0.39, 0.29) is 30.5 Å². The summed E-state index contributed by atoms with van der Waals surface area (Å²) in [6, 6.07) is 5.39. The van der Waals surface area contributed by atoms with E-state index < -0.39 is 4.92 Å². The summed E-state index contributed by atoms with van der Waals surface area (Å²) in [5.41, 5.74) is 0.288. The van der Waals surface area contributed by atoms with Crippen molar-refractivity contribution in [3.05, 3.63) is 39.9 Å². The predicted octanol–water partition coefficient (Wildman–Crippen LogP) is 2.12. The van der Waals surface area contributed by atoms with E-state index in [1.54, 1.807) is 0 Å². The molecule has 0 bridgehead atoms. The summed E-state index contributed by atoms with van der Waals surface area (Å²) in [6.07, 6.45) is 4.70. The van der Waals surface area contributed by atoms with Gasteiger partial charge in [0, 0.05) is 43.8 Å². The summed E-state index contributed by atoms with van der Waals surface area (Å²) in [5.74, 6) is -0.264. The lowest BCUT2D eigenvalue weighted by molar-refractivity contribution is -0.384. The highest BCUT2D eigenvalue weighted by Gasteiger charge is 2.15. The minimum absolute atomic E-state index is 0.0575. The van der Waals surface area contributed by atoms with Gasteiger partial charge in [0.25, 0.3) is 11.6 Å². The lowest BCUT2D eigenvalue weighted by Crippen LogP contribution is -2.35. The van der Waals surface area contributed by atoms with Gasteiger partial charge in [-0.1, -0.05) is 12.8 Å². The first kappa shape index (κ1) is 16.9. The molecule has 1 aliphatic rings. The zero-order chi connectivity index (χ0) is 16.7. The number of nitrogens with one attached hydrogen (secondary N) is 1. The van der Waals surface area contributed by atoms with Gasteiger partial charge in [-0.25, -0.2) is 0 Å². The number of carbonyl (C=O) groups is 2. The van der Waals surface area contributed by atoms with E-state index >= 15 is 0 Å². The largest absolute Gasteiger partial charge is 0.352 e. The van der Waals surface area contributed by atoms with Crippen molar-refractivity contribution in [3.63, 3.8) is 0 Å². The molecule has 1 heterocycles. The molecule has 0 spiro atoms. The molecule has 2 amide bonds. The average Bonchev–Trinajstić information content (AvgIpc) is 2.84. The van der Waals surface area contributed by atoms with Crippen LogP contribution in [0.5, 0.6) is 0 Å². The first-order chi connectivity index (χ1) is 11.1. The van der Waals surface area contributed by atoms with Gasteiger partial charge in [0.1, 0.15) is 0 Å². The lowest BCUT2D eigenvalue weighted by Gasteiger charge is -2.20. The maximum absolute atomic E-state index is 12.1. The highest BCUT2D eigenvalue weighted by Crippen LogP contribution is 2.12. The Bertz CT molecular complexity index is 563. The molecule has 7 heteroatoms. The van der Waals surface area contributed by atoms with Gasteiger partial charge in [-0.15, -0.1) is 0 Å². The number of hydrogen-bond donors (Lipinski definition) is 1. The van der Waals surface area contributed by atoms with Crippen LogP contribution < -0.4 is 5.32 Å². The summed E-state index contributed by atoms with van der Waals surface area (Å²) in [7, 11) is 0. The van der Waals surface area contributed by atoms with Crippen LogP contribution in [-0.2, 0) is 4.79 Å². The van der Waals surface area contributed by atoms with E-state index in [4.69, 9.17) is 0 Å². The van der Waals surface area contributed by atoms with Gasteiger partial charge in [-0.2, -0.15) is 0 Å². The first-order valence-corrected chi connectivity index (χ1v) is 7.88. The molecule has 1 aromatic rings. The van der Waals surface area contributed by atoms with Crippen LogP contribution in [-0.4, -0.2) is 41.3 Å². The molecule has 1 saturated heterocycles. The van der Waals surface area contributed by atoms with Crippen LogP contribution in [0, 0.1) is 10.1 Å². The van der Waals surface area contributed by atoms with Crippen LogP contribution in [0.4, 0.5) is 5.69 Å². The van der Waals surface area contributed by atoms with E-state index in [0.29, 0.717) is 5.56 Å². The number of carbonyl (C=O) groups excluding carboxylic acids is 2. The summed E-state index contributed by atoms with van der Waals surface area (Å²) in [4.78, 5) is 35.9. The number of amides is 2. The Morgan fingerprint density at radius 1 is 1.09 bits per heavy atom. The van der Waals surface area contributed by atoms with Crippen LogP contribution in [0.25, 0.3) is 0 Å². The maximum atomic E-state index is 12.1. The molecule has 1 aromatic carbocycles. The Morgan fingerprint density at radius 2 is 1.70 bits per heavy atom. The SMILES string of the molecule is O=C(NCCC(=O)N1CCCCCC1)c1ccc([N+](=O)[O-])cc1. The molecule has 23 heavy (non-hydrogen) atoms.